The van der Waals surface area contributed by atoms with Crippen molar-refractivity contribution in [1.82, 2.24) is 4.98 Å². The van der Waals surface area contributed by atoms with Gasteiger partial charge in [-0.3, -0.25) is 4.79 Å². The Hall–Kier alpha value is -1.38. The number of halogens is 2. The number of nitrogens with one attached hydrogen (secondary N) is 1. The van der Waals surface area contributed by atoms with E-state index in [0.29, 0.717) is 0 Å². The topological polar surface area (TPSA) is 101 Å². The highest BCUT2D eigenvalue weighted by Crippen LogP contribution is 2.16. The number of alkyl halides is 1. The van der Waals surface area contributed by atoms with Gasteiger partial charge in [-0.2, -0.15) is 0 Å². The first kappa shape index (κ1) is 16.6. The fraction of sp³-hybridized carbons (Fsp3) is 0.250. The number of hydrogen-bond donors (Lipinski definition) is 2. The van der Waals surface area contributed by atoms with Crippen LogP contribution in [0.15, 0.2) is 10.5 Å². The Morgan fingerprint density at radius 3 is 2.83 bits per heavy atom. The Balaban J connectivity index is 0.00000289. The van der Waals surface area contributed by atoms with Crippen molar-refractivity contribution >= 4 is 58.1 Å². The maximum Gasteiger partial charge on any atom is 0.360 e. The van der Waals surface area contributed by atoms with Gasteiger partial charge in [0.2, 0.25) is 11.6 Å². The summed E-state index contributed by atoms with van der Waals surface area (Å²) in [4.78, 5) is 30.1. The van der Waals surface area contributed by atoms with Crippen LogP contribution in [0.1, 0.15) is 5.69 Å². The van der Waals surface area contributed by atoms with Gasteiger partial charge in [0.15, 0.2) is 5.13 Å². The van der Waals surface area contributed by atoms with Crippen LogP contribution in [-0.4, -0.2) is 40.7 Å². The molecule has 1 rings (SSSR count). The minimum absolute atomic E-state index is 0. The molecule has 1 aromatic rings. The van der Waals surface area contributed by atoms with Gasteiger partial charge in [0.05, 0.1) is 0 Å². The third-order valence-electron chi connectivity index (χ3n) is 1.50. The number of carboxylic acids is 1. The average Bonchev–Trinajstić information content (AvgIpc) is 2.73. The first-order valence-electron chi connectivity index (χ1n) is 4.24. The number of amides is 1. The zero-order chi connectivity index (χ0) is 12.8. The normalized spacial score (nSPS) is 10.4. The van der Waals surface area contributed by atoms with E-state index in [1.807, 2.05) is 0 Å². The molecule has 0 aromatic carbocycles. The second-order valence-corrected chi connectivity index (χ2v) is 3.77. The van der Waals surface area contributed by atoms with Crippen molar-refractivity contribution < 1.29 is 19.5 Å². The maximum absolute atomic E-state index is 11.0. The highest BCUT2D eigenvalue weighted by Gasteiger charge is 2.17. The van der Waals surface area contributed by atoms with Crippen molar-refractivity contribution in [2.45, 2.75) is 0 Å². The maximum atomic E-state index is 11.0. The second kappa shape index (κ2) is 7.85. The zero-order valence-corrected chi connectivity index (χ0v) is 11.4. The first-order chi connectivity index (χ1) is 8.08. The standard InChI is InChI=1S/C8H8ClN3O4S.ClH/c1-16-12-6(7(14)15)4-3-17-8(10-4)11-5(13)2-9;/h3H,2H2,1H3,(H,14,15)(H,10,11,13);1H. The summed E-state index contributed by atoms with van der Waals surface area (Å²) in [6.07, 6.45) is 0. The van der Waals surface area contributed by atoms with Crippen molar-refractivity contribution in [2.24, 2.45) is 5.16 Å². The molecule has 100 valence electrons. The fourth-order valence-corrected chi connectivity index (χ4v) is 1.66. The van der Waals surface area contributed by atoms with Crippen LogP contribution < -0.4 is 5.32 Å². The minimum atomic E-state index is -1.27. The number of aromatic nitrogens is 1. The smallest absolute Gasteiger partial charge is 0.360 e. The van der Waals surface area contributed by atoms with Gasteiger partial charge in [0.25, 0.3) is 0 Å². The lowest BCUT2D eigenvalue weighted by Gasteiger charge is -1.97. The largest absolute Gasteiger partial charge is 0.476 e. The van der Waals surface area contributed by atoms with Crippen molar-refractivity contribution in [2.75, 3.05) is 18.3 Å². The molecule has 2 N–H and O–H groups in total. The zero-order valence-electron chi connectivity index (χ0n) is 9.05. The van der Waals surface area contributed by atoms with Crippen LogP contribution in [0.5, 0.6) is 0 Å². The summed E-state index contributed by atoms with van der Waals surface area (Å²) in [6, 6.07) is 0. The summed E-state index contributed by atoms with van der Waals surface area (Å²) < 4.78 is 0. The molecular formula is C8H9Cl2N3O4S. The molecule has 10 heteroatoms. The number of carboxylic acid groups (broad SMARTS) is 1. The molecule has 0 spiro atoms. The number of carbonyl (C=O) groups is 2. The number of aliphatic carboxylic acids is 1. The molecule has 0 atom stereocenters. The lowest BCUT2D eigenvalue weighted by molar-refractivity contribution is -0.129. The molecule has 0 bridgehead atoms. The molecule has 1 aromatic heterocycles. The predicted molar refractivity (Wildman–Crippen MR) is 69.9 cm³/mol. The predicted octanol–water partition coefficient (Wildman–Crippen LogP) is 1.18. The van der Waals surface area contributed by atoms with Crippen molar-refractivity contribution in [3.05, 3.63) is 11.1 Å². The molecule has 0 aliphatic heterocycles. The third kappa shape index (κ3) is 4.47. The lowest BCUT2D eigenvalue weighted by Crippen LogP contribution is -2.16. The van der Waals surface area contributed by atoms with Crippen molar-refractivity contribution in [1.29, 1.82) is 0 Å². The van der Waals surface area contributed by atoms with Gasteiger partial charge in [-0.1, -0.05) is 5.16 Å². The van der Waals surface area contributed by atoms with Gasteiger partial charge in [-0.15, -0.1) is 35.3 Å². The summed E-state index contributed by atoms with van der Waals surface area (Å²) in [5.74, 6) is -1.90. The van der Waals surface area contributed by atoms with E-state index in [-0.39, 0.29) is 34.8 Å². The van der Waals surface area contributed by atoms with Crippen molar-refractivity contribution in [3.8, 4) is 0 Å². The lowest BCUT2D eigenvalue weighted by atomic mass is 10.3. The molecule has 0 fully saturated rings. The van der Waals surface area contributed by atoms with E-state index in [1.165, 1.54) is 12.5 Å². The van der Waals surface area contributed by atoms with E-state index < -0.39 is 11.9 Å². The van der Waals surface area contributed by atoms with Crippen molar-refractivity contribution in [3.63, 3.8) is 0 Å². The highest BCUT2D eigenvalue weighted by atomic mass is 35.5. The summed E-state index contributed by atoms with van der Waals surface area (Å²) in [6.45, 7) is 0. The molecule has 0 saturated heterocycles. The molecule has 0 radical (unpaired) electrons. The van der Waals surface area contributed by atoms with Gasteiger partial charge in [-0.05, 0) is 0 Å². The second-order valence-electron chi connectivity index (χ2n) is 2.65. The van der Waals surface area contributed by atoms with E-state index in [0.717, 1.165) is 11.3 Å². The third-order valence-corrected chi connectivity index (χ3v) is 2.50. The Bertz CT molecular complexity index is 463. The number of anilines is 1. The number of thiazole rings is 1. The van der Waals surface area contributed by atoms with E-state index in [2.05, 4.69) is 20.3 Å². The van der Waals surface area contributed by atoms with Crippen LogP contribution in [0.2, 0.25) is 0 Å². The first-order valence-corrected chi connectivity index (χ1v) is 5.66. The van der Waals surface area contributed by atoms with Gasteiger partial charge < -0.3 is 15.3 Å². The van der Waals surface area contributed by atoms with Crippen LogP contribution >= 0.6 is 35.3 Å². The highest BCUT2D eigenvalue weighted by molar-refractivity contribution is 7.14. The van der Waals surface area contributed by atoms with Gasteiger partial charge in [0.1, 0.15) is 18.7 Å². The van der Waals surface area contributed by atoms with Crippen LogP contribution in [0.4, 0.5) is 5.13 Å². The number of rotatable bonds is 5. The van der Waals surface area contributed by atoms with E-state index in [4.69, 9.17) is 16.7 Å². The fourth-order valence-electron chi connectivity index (χ4n) is 0.879. The molecule has 0 saturated carbocycles. The Morgan fingerprint density at radius 2 is 2.33 bits per heavy atom. The summed E-state index contributed by atoms with van der Waals surface area (Å²) >= 11 is 6.36. The van der Waals surface area contributed by atoms with Gasteiger partial charge in [-0.25, -0.2) is 9.78 Å². The Morgan fingerprint density at radius 1 is 1.67 bits per heavy atom. The Labute approximate surface area is 117 Å². The van der Waals surface area contributed by atoms with E-state index >= 15 is 0 Å². The van der Waals surface area contributed by atoms with Crippen LogP contribution in [-0.2, 0) is 14.4 Å². The number of nitrogens with zero attached hydrogens (tertiary/aromatic N) is 2. The van der Waals surface area contributed by atoms with Crippen LogP contribution in [0, 0.1) is 0 Å². The summed E-state index contributed by atoms with van der Waals surface area (Å²) in [5.41, 5.74) is -0.232. The molecule has 18 heavy (non-hydrogen) atoms. The Kier molecular flexibility index (Phi) is 7.25. The van der Waals surface area contributed by atoms with E-state index in [1.54, 1.807) is 0 Å². The molecule has 1 heterocycles. The van der Waals surface area contributed by atoms with Crippen LogP contribution in [0.25, 0.3) is 0 Å². The van der Waals surface area contributed by atoms with Gasteiger partial charge in [0, 0.05) is 5.38 Å². The quantitative estimate of drug-likeness (QED) is 0.483. The van der Waals surface area contributed by atoms with E-state index in [9.17, 15) is 9.59 Å². The molecule has 0 aliphatic carbocycles. The number of hydrogen-bond acceptors (Lipinski definition) is 6. The molecule has 0 unspecified atom stereocenters. The number of oxime groups is 1. The summed E-state index contributed by atoms with van der Waals surface area (Å²) in [7, 11) is 1.23. The molecule has 1 amide bonds. The molecule has 7 nitrogen and oxygen atoms in total. The monoisotopic (exact) mass is 313 g/mol. The van der Waals surface area contributed by atoms with Gasteiger partial charge >= 0.3 is 5.97 Å². The minimum Gasteiger partial charge on any atom is -0.476 e. The molecule has 0 aliphatic rings. The average molecular weight is 314 g/mol. The molecular weight excluding hydrogens is 305 g/mol. The SMILES string of the molecule is CON=C(C(=O)O)c1csc(NC(=O)CCl)n1.Cl. The summed E-state index contributed by atoms with van der Waals surface area (Å²) in [5, 5.41) is 16.3. The number of carbonyl (C=O) groups excluding carboxylic acids is 1. The van der Waals surface area contributed by atoms with Crippen LogP contribution in [0.3, 0.4) is 0 Å².